The normalized spacial score (nSPS) is 13.0. The summed E-state index contributed by atoms with van der Waals surface area (Å²) in [5, 5.41) is 5.36. The number of alkyl halides is 3. The molecule has 2 rings (SSSR count). The third-order valence-electron chi connectivity index (χ3n) is 3.59. The number of rotatable bonds is 6. The summed E-state index contributed by atoms with van der Waals surface area (Å²) >= 11 is 0. The zero-order valence-corrected chi connectivity index (χ0v) is 13.5. The second-order valence-electron chi connectivity index (χ2n) is 5.49. The predicted molar refractivity (Wildman–Crippen MR) is 83.4 cm³/mol. The van der Waals surface area contributed by atoms with Gasteiger partial charge in [0.1, 0.15) is 5.52 Å². The van der Waals surface area contributed by atoms with Gasteiger partial charge >= 0.3 is 12.2 Å². The second kappa shape index (κ2) is 7.50. The van der Waals surface area contributed by atoms with Crippen molar-refractivity contribution in [1.29, 1.82) is 0 Å². The van der Waals surface area contributed by atoms with E-state index in [0.29, 0.717) is 6.42 Å². The van der Waals surface area contributed by atoms with Crippen molar-refractivity contribution >= 4 is 17.2 Å². The summed E-state index contributed by atoms with van der Waals surface area (Å²) in [5.41, 5.74) is 0.390. The van der Waals surface area contributed by atoms with Gasteiger partial charge in [0, 0.05) is 25.3 Å². The van der Waals surface area contributed by atoms with Crippen molar-refractivity contribution in [3.05, 3.63) is 24.2 Å². The molecule has 1 atom stereocenters. The number of imidazole rings is 1. The molecular formula is C15H20F3N5O. The minimum absolute atomic E-state index is 0.0450. The summed E-state index contributed by atoms with van der Waals surface area (Å²) in [5.74, 6) is -0.972. The Balaban J connectivity index is 2.01. The monoisotopic (exact) mass is 343 g/mol. The number of fused-ring (bicyclic) bond motifs is 1. The molecule has 2 amide bonds. The number of hydrogen-bond acceptors (Lipinski definition) is 3. The smallest absolute Gasteiger partial charge is 0.338 e. The van der Waals surface area contributed by atoms with Crippen LogP contribution in [0.3, 0.4) is 0 Å². The van der Waals surface area contributed by atoms with Crippen molar-refractivity contribution in [1.82, 2.24) is 25.2 Å². The average Bonchev–Trinajstić information content (AvgIpc) is 2.90. The number of halogens is 3. The molecule has 6 nitrogen and oxygen atoms in total. The molecule has 2 aromatic heterocycles. The lowest BCUT2D eigenvalue weighted by Gasteiger charge is -2.13. The van der Waals surface area contributed by atoms with E-state index in [4.69, 9.17) is 0 Å². The third kappa shape index (κ3) is 4.36. The van der Waals surface area contributed by atoms with Gasteiger partial charge in [0.15, 0.2) is 5.65 Å². The van der Waals surface area contributed by atoms with Gasteiger partial charge in [-0.15, -0.1) is 0 Å². The lowest BCUT2D eigenvalue weighted by molar-refractivity contribution is -0.147. The molecule has 1 unspecified atom stereocenters. The highest BCUT2D eigenvalue weighted by atomic mass is 19.4. The highest BCUT2D eigenvalue weighted by molar-refractivity contribution is 5.74. The molecule has 0 aliphatic rings. The predicted octanol–water partition coefficient (Wildman–Crippen LogP) is 2.94. The molecule has 0 bridgehead atoms. The van der Waals surface area contributed by atoms with E-state index >= 15 is 0 Å². The first kappa shape index (κ1) is 18.0. The second-order valence-corrected chi connectivity index (χ2v) is 5.49. The molecule has 0 aromatic carbocycles. The Morgan fingerprint density at radius 1 is 1.42 bits per heavy atom. The summed E-state index contributed by atoms with van der Waals surface area (Å²) in [6.45, 7) is 4.14. The average molecular weight is 343 g/mol. The molecule has 0 saturated carbocycles. The molecule has 9 heteroatoms. The number of carbonyl (C=O) groups excluding carboxylic acids is 1. The molecule has 0 saturated heterocycles. The van der Waals surface area contributed by atoms with Crippen LogP contribution in [0.25, 0.3) is 11.2 Å². The standard InChI is InChI=1S/C15H20F3N5O/c1-3-10(2)21-14(24)20-8-5-9-23-12-11(6-4-7-19-12)22-13(23)15(16,17)18/h4,6-7,10H,3,5,8-9H2,1-2H3,(H2,20,21,24). The molecule has 2 N–H and O–H groups in total. The van der Waals surface area contributed by atoms with Crippen LogP contribution in [0.4, 0.5) is 18.0 Å². The van der Waals surface area contributed by atoms with Crippen LogP contribution in [0.2, 0.25) is 0 Å². The molecule has 2 heterocycles. The zero-order chi connectivity index (χ0) is 17.7. The molecular weight excluding hydrogens is 323 g/mol. The molecule has 2 aromatic rings. The fourth-order valence-electron chi connectivity index (χ4n) is 2.20. The van der Waals surface area contributed by atoms with Gasteiger partial charge in [-0.2, -0.15) is 13.2 Å². The van der Waals surface area contributed by atoms with Gasteiger partial charge in [0.2, 0.25) is 5.82 Å². The van der Waals surface area contributed by atoms with E-state index in [2.05, 4.69) is 20.6 Å². The maximum atomic E-state index is 13.1. The number of aromatic nitrogens is 3. The van der Waals surface area contributed by atoms with E-state index in [1.165, 1.54) is 12.3 Å². The van der Waals surface area contributed by atoms with Crippen LogP contribution in [0.5, 0.6) is 0 Å². The van der Waals surface area contributed by atoms with Gasteiger partial charge < -0.3 is 15.2 Å². The van der Waals surface area contributed by atoms with Gasteiger partial charge in [0.05, 0.1) is 0 Å². The van der Waals surface area contributed by atoms with Gasteiger partial charge in [-0.1, -0.05) is 6.92 Å². The summed E-state index contributed by atoms with van der Waals surface area (Å²) in [6.07, 6.45) is -1.99. The SMILES string of the molecule is CCC(C)NC(=O)NCCCn1c(C(F)(F)F)nc2cccnc21. The lowest BCUT2D eigenvalue weighted by Crippen LogP contribution is -2.41. The van der Waals surface area contributed by atoms with Crippen molar-refractivity contribution in [3.8, 4) is 0 Å². The van der Waals surface area contributed by atoms with Crippen LogP contribution in [0.15, 0.2) is 18.3 Å². The van der Waals surface area contributed by atoms with E-state index < -0.39 is 12.0 Å². The lowest BCUT2D eigenvalue weighted by atomic mass is 10.3. The zero-order valence-electron chi connectivity index (χ0n) is 13.5. The Morgan fingerprint density at radius 3 is 2.83 bits per heavy atom. The number of hydrogen-bond donors (Lipinski definition) is 2. The van der Waals surface area contributed by atoms with Crippen molar-refractivity contribution in [2.45, 2.75) is 45.5 Å². The van der Waals surface area contributed by atoms with Crippen LogP contribution in [0, 0.1) is 0 Å². The molecule has 0 aliphatic carbocycles. The van der Waals surface area contributed by atoms with E-state index in [1.54, 1.807) is 6.07 Å². The molecule has 0 fully saturated rings. The number of amides is 2. The van der Waals surface area contributed by atoms with Crippen LogP contribution in [-0.2, 0) is 12.7 Å². The van der Waals surface area contributed by atoms with E-state index in [-0.39, 0.29) is 36.3 Å². The third-order valence-corrected chi connectivity index (χ3v) is 3.59. The van der Waals surface area contributed by atoms with E-state index in [9.17, 15) is 18.0 Å². The summed E-state index contributed by atoms with van der Waals surface area (Å²) in [6, 6.07) is 2.75. The molecule has 0 spiro atoms. The summed E-state index contributed by atoms with van der Waals surface area (Å²) in [7, 11) is 0. The number of carbonyl (C=O) groups is 1. The van der Waals surface area contributed by atoms with Crippen LogP contribution < -0.4 is 10.6 Å². The highest BCUT2D eigenvalue weighted by Crippen LogP contribution is 2.30. The first-order chi connectivity index (χ1) is 11.3. The number of urea groups is 1. The summed E-state index contributed by atoms with van der Waals surface area (Å²) < 4.78 is 40.4. The number of nitrogens with one attached hydrogen (secondary N) is 2. The fourth-order valence-corrected chi connectivity index (χ4v) is 2.20. The maximum absolute atomic E-state index is 13.1. The van der Waals surface area contributed by atoms with Crippen molar-refractivity contribution in [3.63, 3.8) is 0 Å². The number of aryl methyl sites for hydroxylation is 1. The van der Waals surface area contributed by atoms with Crippen LogP contribution in [-0.4, -0.2) is 33.2 Å². The van der Waals surface area contributed by atoms with Crippen LogP contribution >= 0.6 is 0 Å². The Hall–Kier alpha value is -2.32. The largest absolute Gasteiger partial charge is 0.449 e. The first-order valence-electron chi connectivity index (χ1n) is 7.75. The van der Waals surface area contributed by atoms with Gasteiger partial charge in [0.25, 0.3) is 0 Å². The highest BCUT2D eigenvalue weighted by Gasteiger charge is 2.37. The minimum Gasteiger partial charge on any atom is -0.338 e. The topological polar surface area (TPSA) is 71.8 Å². The molecule has 24 heavy (non-hydrogen) atoms. The Bertz CT molecular complexity index is 698. The number of nitrogens with zero attached hydrogens (tertiary/aromatic N) is 3. The first-order valence-corrected chi connectivity index (χ1v) is 7.75. The Kier molecular flexibility index (Phi) is 5.63. The quantitative estimate of drug-likeness (QED) is 0.792. The van der Waals surface area contributed by atoms with E-state index in [1.807, 2.05) is 13.8 Å². The van der Waals surface area contributed by atoms with Crippen molar-refractivity contribution in [2.24, 2.45) is 0 Å². The van der Waals surface area contributed by atoms with Gasteiger partial charge in [-0.05, 0) is 31.9 Å². The van der Waals surface area contributed by atoms with Gasteiger partial charge in [-0.25, -0.2) is 14.8 Å². The van der Waals surface area contributed by atoms with Crippen molar-refractivity contribution < 1.29 is 18.0 Å². The maximum Gasteiger partial charge on any atom is 0.449 e. The Labute approximate surface area is 137 Å². The van der Waals surface area contributed by atoms with Crippen LogP contribution in [0.1, 0.15) is 32.5 Å². The molecule has 0 aliphatic heterocycles. The van der Waals surface area contributed by atoms with Gasteiger partial charge in [-0.3, -0.25) is 0 Å². The molecule has 132 valence electrons. The Morgan fingerprint density at radius 2 is 2.17 bits per heavy atom. The molecule has 0 radical (unpaired) electrons. The van der Waals surface area contributed by atoms with Crippen molar-refractivity contribution in [2.75, 3.05) is 6.54 Å². The fraction of sp³-hybridized carbons (Fsp3) is 0.533. The summed E-state index contributed by atoms with van der Waals surface area (Å²) in [4.78, 5) is 19.2. The number of pyridine rings is 1. The van der Waals surface area contributed by atoms with E-state index in [0.717, 1.165) is 11.0 Å². The minimum atomic E-state index is -4.55.